The van der Waals surface area contributed by atoms with Crippen molar-refractivity contribution >= 4 is 11.5 Å². The summed E-state index contributed by atoms with van der Waals surface area (Å²) in [5.74, 6) is 2.44. The summed E-state index contributed by atoms with van der Waals surface area (Å²) in [6.45, 7) is 5.79. The van der Waals surface area contributed by atoms with Gasteiger partial charge in [0.25, 0.3) is 0 Å². The van der Waals surface area contributed by atoms with Gasteiger partial charge in [0.05, 0.1) is 12.8 Å². The highest BCUT2D eigenvalue weighted by molar-refractivity contribution is 5.62. The number of rotatable bonds is 6. The number of benzene rings is 2. The Labute approximate surface area is 172 Å². The minimum absolute atomic E-state index is 0.736. The molecule has 0 spiro atoms. The van der Waals surface area contributed by atoms with E-state index in [4.69, 9.17) is 4.74 Å². The van der Waals surface area contributed by atoms with Gasteiger partial charge in [0, 0.05) is 17.8 Å². The first-order valence-electron chi connectivity index (χ1n) is 10.3. The smallest absolute Gasteiger partial charge is 0.153 e. The van der Waals surface area contributed by atoms with E-state index in [1.807, 2.05) is 36.4 Å². The van der Waals surface area contributed by atoms with E-state index in [1.54, 1.807) is 7.11 Å². The number of aromatic nitrogens is 2. The van der Waals surface area contributed by atoms with Crippen LogP contribution in [-0.4, -0.2) is 35.3 Å². The third-order valence-electron chi connectivity index (χ3n) is 5.56. The van der Waals surface area contributed by atoms with Crippen molar-refractivity contribution in [2.45, 2.75) is 26.3 Å². The maximum Gasteiger partial charge on any atom is 0.153 e. The molecule has 1 aromatic heterocycles. The zero-order valence-corrected chi connectivity index (χ0v) is 17.1. The molecule has 1 N–H and O–H groups in total. The quantitative estimate of drug-likeness (QED) is 0.634. The van der Waals surface area contributed by atoms with Gasteiger partial charge >= 0.3 is 0 Å². The molecule has 0 amide bonds. The van der Waals surface area contributed by atoms with Crippen LogP contribution in [0.2, 0.25) is 0 Å². The summed E-state index contributed by atoms with van der Waals surface area (Å²) in [4.78, 5) is 2.55. The van der Waals surface area contributed by atoms with Crippen LogP contribution in [0.15, 0.2) is 60.7 Å². The summed E-state index contributed by atoms with van der Waals surface area (Å²) in [6, 6.07) is 20.4. The molecule has 1 fully saturated rings. The molecule has 0 saturated carbocycles. The van der Waals surface area contributed by atoms with Gasteiger partial charge in [-0.25, -0.2) is 0 Å². The largest absolute Gasteiger partial charge is 0.497 e. The molecule has 2 heterocycles. The van der Waals surface area contributed by atoms with E-state index in [9.17, 15) is 0 Å². The first-order chi connectivity index (χ1) is 14.2. The van der Waals surface area contributed by atoms with Gasteiger partial charge in [-0.05, 0) is 85.9 Å². The Morgan fingerprint density at radius 2 is 1.66 bits per heavy atom. The second-order valence-electron chi connectivity index (χ2n) is 7.81. The van der Waals surface area contributed by atoms with Crippen LogP contribution in [0.3, 0.4) is 0 Å². The molecule has 29 heavy (non-hydrogen) atoms. The van der Waals surface area contributed by atoms with Crippen molar-refractivity contribution in [1.29, 1.82) is 0 Å². The van der Waals surface area contributed by atoms with Crippen LogP contribution in [0.25, 0.3) is 11.3 Å². The molecule has 2 aromatic carbocycles. The molecule has 1 saturated heterocycles. The van der Waals surface area contributed by atoms with Crippen molar-refractivity contribution in [2.75, 3.05) is 25.5 Å². The Balaban J connectivity index is 1.35. The summed E-state index contributed by atoms with van der Waals surface area (Å²) < 4.78 is 5.20. The molecule has 4 rings (SSSR count). The number of hydrogen-bond donors (Lipinski definition) is 1. The fourth-order valence-corrected chi connectivity index (χ4v) is 3.63. The molecule has 0 radical (unpaired) electrons. The van der Waals surface area contributed by atoms with Crippen molar-refractivity contribution in [3.63, 3.8) is 0 Å². The Morgan fingerprint density at radius 1 is 0.931 bits per heavy atom. The molecule has 5 nitrogen and oxygen atoms in total. The lowest BCUT2D eigenvalue weighted by atomic mass is 9.99. The standard InChI is InChI=1S/C24H28N4O/c1-18-13-15-28(16-14-18)17-19-3-7-21(8-4-19)25-24-12-11-23(26-27-24)20-5-9-22(29-2)10-6-20/h3-12,18H,13-17H2,1-2H3,(H,25,27). The zero-order chi connectivity index (χ0) is 20.1. The summed E-state index contributed by atoms with van der Waals surface area (Å²) >= 11 is 0. The van der Waals surface area contributed by atoms with Crippen LogP contribution in [0, 0.1) is 5.92 Å². The van der Waals surface area contributed by atoms with Crippen molar-refractivity contribution < 1.29 is 4.74 Å². The fraction of sp³-hybridized carbons (Fsp3) is 0.333. The van der Waals surface area contributed by atoms with Crippen molar-refractivity contribution in [3.05, 3.63) is 66.2 Å². The lowest BCUT2D eigenvalue weighted by Crippen LogP contribution is -2.32. The second-order valence-corrected chi connectivity index (χ2v) is 7.81. The summed E-state index contributed by atoms with van der Waals surface area (Å²) in [7, 11) is 1.66. The molecule has 0 atom stereocenters. The maximum atomic E-state index is 5.20. The molecule has 0 unspecified atom stereocenters. The summed E-state index contributed by atoms with van der Waals surface area (Å²) in [5.41, 5.74) is 4.23. The normalized spacial score (nSPS) is 15.2. The van der Waals surface area contributed by atoms with E-state index in [0.29, 0.717) is 0 Å². The highest BCUT2D eigenvalue weighted by Crippen LogP contribution is 2.23. The molecule has 150 valence electrons. The van der Waals surface area contributed by atoms with Crippen molar-refractivity contribution in [1.82, 2.24) is 15.1 Å². The number of anilines is 2. The van der Waals surface area contributed by atoms with E-state index in [0.717, 1.165) is 41.0 Å². The Morgan fingerprint density at radius 3 is 2.28 bits per heavy atom. The number of nitrogens with one attached hydrogen (secondary N) is 1. The molecular formula is C24H28N4O. The van der Waals surface area contributed by atoms with E-state index in [2.05, 4.69) is 51.6 Å². The average molecular weight is 389 g/mol. The van der Waals surface area contributed by atoms with Gasteiger partial charge in [-0.1, -0.05) is 19.1 Å². The third kappa shape index (κ3) is 5.12. The van der Waals surface area contributed by atoms with Gasteiger partial charge in [0.2, 0.25) is 0 Å². The van der Waals surface area contributed by atoms with Gasteiger partial charge in [-0.2, -0.15) is 0 Å². The molecule has 0 bridgehead atoms. The Hall–Kier alpha value is -2.92. The lowest BCUT2D eigenvalue weighted by Gasteiger charge is -2.30. The van der Waals surface area contributed by atoms with Gasteiger partial charge in [-0.3, -0.25) is 4.90 Å². The zero-order valence-electron chi connectivity index (χ0n) is 17.1. The van der Waals surface area contributed by atoms with Crippen LogP contribution in [0.1, 0.15) is 25.3 Å². The van der Waals surface area contributed by atoms with Crippen LogP contribution in [-0.2, 0) is 6.54 Å². The first kappa shape index (κ1) is 19.4. The predicted octanol–water partition coefficient (Wildman–Crippen LogP) is 5.13. The SMILES string of the molecule is COc1ccc(-c2ccc(Nc3ccc(CN4CCC(C)CC4)cc3)nn2)cc1. The molecule has 1 aliphatic heterocycles. The van der Waals surface area contributed by atoms with Crippen LogP contribution < -0.4 is 10.1 Å². The molecule has 1 aliphatic rings. The Kier molecular flexibility index (Phi) is 6.06. The molecule has 0 aliphatic carbocycles. The van der Waals surface area contributed by atoms with E-state index < -0.39 is 0 Å². The van der Waals surface area contributed by atoms with Crippen LogP contribution in [0.4, 0.5) is 11.5 Å². The number of likely N-dealkylation sites (tertiary alicyclic amines) is 1. The lowest BCUT2D eigenvalue weighted by molar-refractivity contribution is 0.185. The van der Waals surface area contributed by atoms with Gasteiger partial charge < -0.3 is 10.1 Å². The van der Waals surface area contributed by atoms with Crippen molar-refractivity contribution in [2.24, 2.45) is 5.92 Å². The monoisotopic (exact) mass is 388 g/mol. The second kappa shape index (κ2) is 9.05. The Bertz CT molecular complexity index is 899. The first-order valence-corrected chi connectivity index (χ1v) is 10.3. The number of nitrogens with zero attached hydrogens (tertiary/aromatic N) is 3. The van der Waals surface area contributed by atoms with Crippen LogP contribution >= 0.6 is 0 Å². The maximum absolute atomic E-state index is 5.20. The fourth-order valence-electron chi connectivity index (χ4n) is 3.63. The van der Waals surface area contributed by atoms with E-state index in [1.165, 1.54) is 31.5 Å². The molecular weight excluding hydrogens is 360 g/mol. The number of piperidine rings is 1. The minimum atomic E-state index is 0.736. The van der Waals surface area contributed by atoms with E-state index in [-0.39, 0.29) is 0 Å². The number of methoxy groups -OCH3 is 1. The van der Waals surface area contributed by atoms with Crippen LogP contribution in [0.5, 0.6) is 5.75 Å². The molecule has 5 heteroatoms. The van der Waals surface area contributed by atoms with E-state index >= 15 is 0 Å². The summed E-state index contributed by atoms with van der Waals surface area (Å²) in [5, 5.41) is 12.0. The molecule has 3 aromatic rings. The number of ether oxygens (including phenoxy) is 1. The van der Waals surface area contributed by atoms with Gasteiger partial charge in [0.15, 0.2) is 5.82 Å². The highest BCUT2D eigenvalue weighted by atomic mass is 16.5. The average Bonchev–Trinajstić information content (AvgIpc) is 2.77. The highest BCUT2D eigenvalue weighted by Gasteiger charge is 2.15. The topological polar surface area (TPSA) is 50.3 Å². The predicted molar refractivity (Wildman–Crippen MR) is 117 cm³/mol. The van der Waals surface area contributed by atoms with Crippen molar-refractivity contribution in [3.8, 4) is 17.0 Å². The number of hydrogen-bond acceptors (Lipinski definition) is 5. The van der Waals surface area contributed by atoms with Gasteiger partial charge in [-0.15, -0.1) is 10.2 Å². The third-order valence-corrected chi connectivity index (χ3v) is 5.56. The summed E-state index contributed by atoms with van der Waals surface area (Å²) in [6.07, 6.45) is 2.62. The van der Waals surface area contributed by atoms with Gasteiger partial charge in [0.1, 0.15) is 5.75 Å². The minimum Gasteiger partial charge on any atom is -0.497 e.